The van der Waals surface area contributed by atoms with Crippen LogP contribution in [0.2, 0.25) is 5.02 Å². The number of esters is 1. The number of hydrogen-bond acceptors (Lipinski definition) is 4. The van der Waals surface area contributed by atoms with Crippen LogP contribution < -0.4 is 5.32 Å². The number of aliphatic hydroxyl groups is 1. The summed E-state index contributed by atoms with van der Waals surface area (Å²) in [6.45, 7) is 4.49. The van der Waals surface area contributed by atoms with Crippen LogP contribution in [0.15, 0.2) is 18.2 Å². The number of carbonyl (C=O) groups is 2. The molecule has 0 saturated heterocycles. The van der Waals surface area contributed by atoms with E-state index in [2.05, 4.69) is 10.3 Å². The molecule has 1 amide bonds. The van der Waals surface area contributed by atoms with Crippen molar-refractivity contribution in [2.75, 3.05) is 11.9 Å². The number of aryl methyl sites for hydroxylation is 1. The molecule has 6 nitrogen and oxygen atoms in total. The number of aromatic amines is 1. The molecule has 0 bridgehead atoms. The summed E-state index contributed by atoms with van der Waals surface area (Å²) in [5.41, 5.74) is 2.33. The molecular formula is C17H18ClFN2O4. The molecule has 25 heavy (non-hydrogen) atoms. The lowest BCUT2D eigenvalue weighted by Gasteiger charge is -2.08. The minimum Gasteiger partial charge on any atom is -0.451 e. The number of carbonyl (C=O) groups excluding carboxylic acids is 2. The highest BCUT2D eigenvalue weighted by Gasteiger charge is 2.21. The monoisotopic (exact) mass is 368 g/mol. The molecule has 8 heteroatoms. The molecule has 0 unspecified atom stereocenters. The molecule has 134 valence electrons. The number of benzene rings is 1. The van der Waals surface area contributed by atoms with Gasteiger partial charge in [-0.1, -0.05) is 11.6 Å². The molecule has 0 saturated carbocycles. The summed E-state index contributed by atoms with van der Waals surface area (Å²) < 4.78 is 18.0. The van der Waals surface area contributed by atoms with E-state index in [9.17, 15) is 19.1 Å². The van der Waals surface area contributed by atoms with Gasteiger partial charge >= 0.3 is 5.97 Å². The first kappa shape index (κ1) is 19.0. The van der Waals surface area contributed by atoms with E-state index in [4.69, 9.17) is 16.3 Å². The number of hydrogen-bond donors (Lipinski definition) is 3. The van der Waals surface area contributed by atoms with E-state index in [0.29, 0.717) is 16.8 Å². The molecular weight excluding hydrogens is 351 g/mol. The van der Waals surface area contributed by atoms with Gasteiger partial charge < -0.3 is 20.1 Å². The summed E-state index contributed by atoms with van der Waals surface area (Å²) in [5, 5.41) is 12.1. The molecule has 2 aromatic rings. The summed E-state index contributed by atoms with van der Waals surface area (Å²) >= 11 is 5.63. The summed E-state index contributed by atoms with van der Waals surface area (Å²) in [6.07, 6.45) is -0.732. The van der Waals surface area contributed by atoms with E-state index >= 15 is 0 Å². The number of aliphatic hydroxyl groups excluding tert-OH is 1. The molecule has 0 fully saturated rings. The van der Waals surface area contributed by atoms with Crippen LogP contribution in [0.1, 0.15) is 40.3 Å². The number of anilines is 1. The van der Waals surface area contributed by atoms with Gasteiger partial charge in [-0.2, -0.15) is 0 Å². The first-order valence-electron chi connectivity index (χ1n) is 7.49. The fourth-order valence-electron chi connectivity index (χ4n) is 2.57. The van der Waals surface area contributed by atoms with Crippen molar-refractivity contribution >= 4 is 29.2 Å². The number of aromatic nitrogens is 1. The Morgan fingerprint density at radius 3 is 2.64 bits per heavy atom. The standard InChI is InChI=1S/C17H18ClFN2O4/c1-8-15(10(3)22)9(2)20-16(8)17(24)25-7-14(23)21-11-4-5-13(19)12(18)6-11/h4-6,10,20,22H,7H2,1-3H3,(H,21,23)/t10-/m1/s1. The Labute approximate surface area is 149 Å². The first-order chi connectivity index (χ1) is 11.7. The van der Waals surface area contributed by atoms with E-state index in [0.717, 1.165) is 6.07 Å². The number of halogens is 2. The minimum absolute atomic E-state index is 0.127. The average Bonchev–Trinajstić information content (AvgIpc) is 2.83. The van der Waals surface area contributed by atoms with Gasteiger partial charge in [-0.05, 0) is 44.5 Å². The van der Waals surface area contributed by atoms with Gasteiger partial charge in [0.25, 0.3) is 5.91 Å². The van der Waals surface area contributed by atoms with Gasteiger partial charge in [-0.25, -0.2) is 9.18 Å². The molecule has 1 aromatic carbocycles. The molecule has 3 N–H and O–H groups in total. The number of rotatable bonds is 5. The Hall–Kier alpha value is -2.38. The van der Waals surface area contributed by atoms with Crippen LogP contribution in [0.4, 0.5) is 10.1 Å². The van der Waals surface area contributed by atoms with E-state index in [1.54, 1.807) is 20.8 Å². The summed E-state index contributed by atoms with van der Waals surface area (Å²) in [7, 11) is 0. The zero-order chi connectivity index (χ0) is 18.7. The van der Waals surface area contributed by atoms with Crippen LogP contribution in [0.3, 0.4) is 0 Å². The van der Waals surface area contributed by atoms with Crippen LogP contribution in [-0.4, -0.2) is 28.6 Å². The van der Waals surface area contributed by atoms with Crippen molar-refractivity contribution in [2.45, 2.75) is 26.9 Å². The molecule has 0 spiro atoms. The smallest absolute Gasteiger partial charge is 0.355 e. The average molecular weight is 369 g/mol. The summed E-state index contributed by atoms with van der Waals surface area (Å²) in [4.78, 5) is 26.8. The van der Waals surface area contributed by atoms with Gasteiger partial charge in [-0.15, -0.1) is 0 Å². The maximum absolute atomic E-state index is 13.1. The molecule has 2 rings (SSSR count). The Morgan fingerprint density at radius 2 is 2.08 bits per heavy atom. The lowest BCUT2D eigenvalue weighted by atomic mass is 10.1. The Bertz CT molecular complexity index is 817. The normalized spacial score (nSPS) is 11.9. The largest absolute Gasteiger partial charge is 0.451 e. The first-order valence-corrected chi connectivity index (χ1v) is 7.87. The second-order valence-corrected chi connectivity index (χ2v) is 6.00. The van der Waals surface area contributed by atoms with Crippen molar-refractivity contribution < 1.29 is 23.8 Å². The molecule has 0 aliphatic rings. The van der Waals surface area contributed by atoms with Gasteiger partial charge in [0.15, 0.2) is 6.61 Å². The number of nitrogens with one attached hydrogen (secondary N) is 2. The number of ether oxygens (including phenoxy) is 1. The summed E-state index contributed by atoms with van der Waals surface area (Å²) in [6, 6.07) is 3.71. The third-order valence-electron chi connectivity index (χ3n) is 3.66. The lowest BCUT2D eigenvalue weighted by molar-refractivity contribution is -0.119. The second kappa shape index (κ2) is 7.67. The van der Waals surface area contributed by atoms with Gasteiger partial charge in [0.2, 0.25) is 0 Å². The van der Waals surface area contributed by atoms with Crippen molar-refractivity contribution in [3.63, 3.8) is 0 Å². The number of H-pyrrole nitrogens is 1. The van der Waals surface area contributed by atoms with Crippen molar-refractivity contribution in [1.82, 2.24) is 4.98 Å². The topological polar surface area (TPSA) is 91.4 Å². The molecule has 1 heterocycles. The molecule has 0 radical (unpaired) electrons. The minimum atomic E-state index is -0.732. The predicted molar refractivity (Wildman–Crippen MR) is 91.2 cm³/mol. The van der Waals surface area contributed by atoms with Gasteiger partial charge in [0, 0.05) is 16.9 Å². The van der Waals surface area contributed by atoms with Crippen LogP contribution in [-0.2, 0) is 9.53 Å². The predicted octanol–water partition coefficient (Wildman–Crippen LogP) is 3.27. The van der Waals surface area contributed by atoms with Crippen molar-refractivity contribution in [3.05, 3.63) is 51.6 Å². The van der Waals surface area contributed by atoms with E-state index in [1.165, 1.54) is 12.1 Å². The zero-order valence-corrected chi connectivity index (χ0v) is 14.7. The van der Waals surface area contributed by atoms with Gasteiger partial charge in [0.1, 0.15) is 11.5 Å². The molecule has 0 aliphatic carbocycles. The van der Waals surface area contributed by atoms with Crippen molar-refractivity contribution in [1.29, 1.82) is 0 Å². The van der Waals surface area contributed by atoms with Gasteiger partial charge in [-0.3, -0.25) is 4.79 Å². The van der Waals surface area contributed by atoms with E-state index in [1.807, 2.05) is 0 Å². The zero-order valence-electron chi connectivity index (χ0n) is 13.9. The summed E-state index contributed by atoms with van der Waals surface area (Å²) in [5.74, 6) is -1.90. The second-order valence-electron chi connectivity index (χ2n) is 5.59. The lowest BCUT2D eigenvalue weighted by Crippen LogP contribution is -2.21. The van der Waals surface area contributed by atoms with Crippen LogP contribution in [0.25, 0.3) is 0 Å². The van der Waals surface area contributed by atoms with E-state index < -0.39 is 30.4 Å². The SMILES string of the molecule is Cc1[nH]c(C(=O)OCC(=O)Nc2ccc(F)c(Cl)c2)c(C)c1[C@@H](C)O. The molecule has 1 aromatic heterocycles. The molecule has 1 atom stereocenters. The fraction of sp³-hybridized carbons (Fsp3) is 0.294. The van der Waals surface area contributed by atoms with Crippen molar-refractivity contribution in [3.8, 4) is 0 Å². The highest BCUT2D eigenvalue weighted by atomic mass is 35.5. The maximum Gasteiger partial charge on any atom is 0.355 e. The maximum atomic E-state index is 13.1. The fourth-order valence-corrected chi connectivity index (χ4v) is 2.75. The Balaban J connectivity index is 1.99. The third-order valence-corrected chi connectivity index (χ3v) is 3.94. The molecule has 0 aliphatic heterocycles. The highest BCUT2D eigenvalue weighted by molar-refractivity contribution is 6.31. The van der Waals surface area contributed by atoms with E-state index in [-0.39, 0.29) is 16.4 Å². The van der Waals surface area contributed by atoms with Gasteiger partial charge in [0.05, 0.1) is 11.1 Å². The van der Waals surface area contributed by atoms with Crippen molar-refractivity contribution in [2.24, 2.45) is 0 Å². The van der Waals surface area contributed by atoms with Crippen LogP contribution in [0, 0.1) is 19.7 Å². The highest BCUT2D eigenvalue weighted by Crippen LogP contribution is 2.25. The van der Waals surface area contributed by atoms with Crippen LogP contribution >= 0.6 is 11.6 Å². The Morgan fingerprint density at radius 1 is 1.40 bits per heavy atom. The quantitative estimate of drug-likeness (QED) is 0.706. The Kier molecular flexibility index (Phi) is 5.81. The third kappa shape index (κ3) is 4.37. The number of amides is 1. The van der Waals surface area contributed by atoms with Crippen LogP contribution in [0.5, 0.6) is 0 Å².